The topological polar surface area (TPSA) is 141 Å². The van der Waals surface area contributed by atoms with Crippen LogP contribution in [0.4, 0.5) is 0 Å². The average molecular weight is 631 g/mol. The van der Waals surface area contributed by atoms with E-state index in [1.54, 1.807) is 6.07 Å². The molecule has 0 bridgehead atoms. The molecule has 11 nitrogen and oxygen atoms in total. The zero-order valence-corrected chi connectivity index (χ0v) is 26.5. The molecule has 1 fully saturated rings. The van der Waals surface area contributed by atoms with Crippen LogP contribution >= 0.6 is 11.8 Å². The first-order valence-corrected chi connectivity index (χ1v) is 15.1. The standard InChI is InChI=1S/C32H38O11S/c1-7-23-8-10-24(11-9-23)14-26-13-12-25(16-38-18(2)33)15-27(26)43-32-31(42-22(6)37)30(41-21(5)36)29(40-20(4)35)28(44-32)17-39-19(3)34/h8-13,15,28-32H,7,14,16-17H2,1-6H3/t28-,29-,30+,31-,32-/m1/s1. The van der Waals surface area contributed by atoms with Gasteiger partial charge in [0.15, 0.2) is 23.7 Å². The number of esters is 5. The van der Waals surface area contributed by atoms with Crippen LogP contribution in [0.25, 0.3) is 0 Å². The van der Waals surface area contributed by atoms with Gasteiger partial charge in [-0.05, 0) is 34.7 Å². The lowest BCUT2D eigenvalue weighted by Crippen LogP contribution is -2.59. The molecule has 1 aliphatic heterocycles. The van der Waals surface area contributed by atoms with Crippen LogP contribution in [0.5, 0.6) is 5.75 Å². The van der Waals surface area contributed by atoms with Crippen LogP contribution in [0.2, 0.25) is 0 Å². The zero-order valence-electron chi connectivity index (χ0n) is 25.7. The summed E-state index contributed by atoms with van der Waals surface area (Å²) in [5.41, 5.74) is 2.65. The largest absolute Gasteiger partial charge is 0.475 e. The number of carbonyl (C=O) groups excluding carboxylic acids is 5. The Balaban J connectivity index is 2.07. The van der Waals surface area contributed by atoms with E-state index in [1.807, 2.05) is 24.3 Å². The van der Waals surface area contributed by atoms with E-state index in [2.05, 4.69) is 19.1 Å². The van der Waals surface area contributed by atoms with Gasteiger partial charge in [0.2, 0.25) is 0 Å². The van der Waals surface area contributed by atoms with Gasteiger partial charge >= 0.3 is 29.8 Å². The van der Waals surface area contributed by atoms with E-state index in [1.165, 1.54) is 40.2 Å². The molecule has 0 aliphatic carbocycles. The Kier molecular flexibility index (Phi) is 12.6. The van der Waals surface area contributed by atoms with Gasteiger partial charge in [-0.2, -0.15) is 0 Å². The normalized spacial score (nSPS) is 21.0. The summed E-state index contributed by atoms with van der Waals surface area (Å²) in [7, 11) is 0. The van der Waals surface area contributed by atoms with Gasteiger partial charge < -0.3 is 28.4 Å². The molecule has 0 spiro atoms. The van der Waals surface area contributed by atoms with Gasteiger partial charge in [-0.15, -0.1) is 11.8 Å². The van der Waals surface area contributed by atoms with Crippen molar-refractivity contribution in [3.63, 3.8) is 0 Å². The molecule has 44 heavy (non-hydrogen) atoms. The number of ether oxygens (including phenoxy) is 6. The SMILES string of the molecule is CCc1ccc(Cc2ccc(COC(C)=O)cc2O[C@@H]2S[C@H](COC(C)=O)[C@@H](OC(C)=O)[C@H](OC(C)=O)[C@H]2OC(C)=O)cc1. The van der Waals surface area contributed by atoms with Gasteiger partial charge in [0.1, 0.15) is 19.0 Å². The van der Waals surface area contributed by atoms with Crippen LogP contribution in [0, 0.1) is 0 Å². The zero-order chi connectivity index (χ0) is 32.4. The number of carbonyl (C=O) groups is 5. The molecule has 3 rings (SSSR count). The molecule has 238 valence electrons. The fraction of sp³-hybridized carbons (Fsp3) is 0.469. The molecule has 5 atom stereocenters. The molecule has 0 radical (unpaired) electrons. The van der Waals surface area contributed by atoms with Gasteiger partial charge in [-0.3, -0.25) is 24.0 Å². The van der Waals surface area contributed by atoms with Gasteiger partial charge in [0.25, 0.3) is 0 Å². The lowest BCUT2D eigenvalue weighted by molar-refractivity contribution is -0.190. The molecule has 1 heterocycles. The first kappa shape index (κ1) is 34.4. The Morgan fingerprint density at radius 2 is 1.20 bits per heavy atom. The summed E-state index contributed by atoms with van der Waals surface area (Å²) in [6.07, 6.45) is -2.22. The number of rotatable bonds is 12. The minimum atomic E-state index is -1.28. The Bertz CT molecular complexity index is 1340. The fourth-order valence-electron chi connectivity index (χ4n) is 4.65. The first-order chi connectivity index (χ1) is 20.9. The summed E-state index contributed by atoms with van der Waals surface area (Å²) in [5, 5.41) is -0.752. The summed E-state index contributed by atoms with van der Waals surface area (Å²) in [5.74, 6) is -2.66. The third-order valence-corrected chi connectivity index (χ3v) is 7.98. The smallest absolute Gasteiger partial charge is 0.303 e. The molecular formula is C32H38O11S. The Morgan fingerprint density at radius 3 is 1.77 bits per heavy atom. The van der Waals surface area contributed by atoms with E-state index in [0.717, 1.165) is 29.3 Å². The highest BCUT2D eigenvalue weighted by molar-refractivity contribution is 8.00. The van der Waals surface area contributed by atoms with Crippen molar-refractivity contribution >= 4 is 41.6 Å². The highest BCUT2D eigenvalue weighted by atomic mass is 32.2. The molecule has 0 amide bonds. The quantitative estimate of drug-likeness (QED) is 0.246. The number of benzene rings is 2. The van der Waals surface area contributed by atoms with Crippen molar-refractivity contribution in [3.8, 4) is 5.75 Å². The fourth-order valence-corrected chi connectivity index (χ4v) is 6.03. The van der Waals surface area contributed by atoms with Gasteiger partial charge in [0.05, 0.1) is 5.25 Å². The van der Waals surface area contributed by atoms with Crippen molar-refractivity contribution in [1.29, 1.82) is 0 Å². The van der Waals surface area contributed by atoms with Crippen molar-refractivity contribution in [2.45, 2.75) is 90.0 Å². The van der Waals surface area contributed by atoms with E-state index in [0.29, 0.717) is 17.7 Å². The summed E-state index contributed by atoms with van der Waals surface area (Å²) in [4.78, 5) is 59.8. The molecule has 0 saturated carbocycles. The van der Waals surface area contributed by atoms with E-state index in [-0.39, 0.29) is 13.2 Å². The minimum Gasteiger partial charge on any atom is -0.475 e. The second-order valence-electron chi connectivity index (χ2n) is 10.3. The average Bonchev–Trinajstić information content (AvgIpc) is 2.94. The Hall–Kier alpha value is -4.06. The number of aryl methyl sites for hydroxylation is 1. The molecule has 12 heteroatoms. The second kappa shape index (κ2) is 16.1. The van der Waals surface area contributed by atoms with Gasteiger partial charge in [-0.25, -0.2) is 0 Å². The maximum absolute atomic E-state index is 12.3. The molecule has 0 N–H and O–H groups in total. The van der Waals surface area contributed by atoms with E-state index in [9.17, 15) is 24.0 Å². The lowest BCUT2D eigenvalue weighted by Gasteiger charge is -2.43. The van der Waals surface area contributed by atoms with Crippen molar-refractivity contribution in [1.82, 2.24) is 0 Å². The molecule has 0 aromatic heterocycles. The maximum atomic E-state index is 12.3. The number of hydrogen-bond donors (Lipinski definition) is 0. The van der Waals surface area contributed by atoms with Crippen LogP contribution in [0.15, 0.2) is 42.5 Å². The molecule has 1 aliphatic rings. The van der Waals surface area contributed by atoms with Crippen molar-refractivity contribution in [3.05, 3.63) is 64.7 Å². The first-order valence-electron chi connectivity index (χ1n) is 14.2. The molecule has 1 saturated heterocycles. The van der Waals surface area contributed by atoms with Gasteiger partial charge in [0, 0.05) is 41.0 Å². The van der Waals surface area contributed by atoms with Crippen LogP contribution in [0.1, 0.15) is 63.8 Å². The molecule has 2 aromatic rings. The van der Waals surface area contributed by atoms with Crippen molar-refractivity contribution < 1.29 is 52.4 Å². The Labute approximate surface area is 260 Å². The van der Waals surface area contributed by atoms with Crippen molar-refractivity contribution in [2.24, 2.45) is 0 Å². The van der Waals surface area contributed by atoms with Crippen LogP contribution in [-0.4, -0.2) is 65.5 Å². The third-order valence-electron chi connectivity index (χ3n) is 6.59. The monoisotopic (exact) mass is 630 g/mol. The molecule has 2 aromatic carbocycles. The number of hydrogen-bond acceptors (Lipinski definition) is 12. The van der Waals surface area contributed by atoms with Gasteiger partial charge in [-0.1, -0.05) is 43.3 Å². The van der Waals surface area contributed by atoms with E-state index >= 15 is 0 Å². The summed E-state index contributed by atoms with van der Waals surface area (Å²) >= 11 is 1.11. The summed E-state index contributed by atoms with van der Waals surface area (Å²) < 4.78 is 33.7. The van der Waals surface area contributed by atoms with E-state index in [4.69, 9.17) is 28.4 Å². The highest BCUT2D eigenvalue weighted by Gasteiger charge is 2.53. The van der Waals surface area contributed by atoms with Crippen LogP contribution in [-0.2, 0) is 67.1 Å². The molecular weight excluding hydrogens is 592 g/mol. The minimum absolute atomic E-state index is 0.00201. The maximum Gasteiger partial charge on any atom is 0.303 e. The molecule has 0 unspecified atom stereocenters. The van der Waals surface area contributed by atoms with Crippen LogP contribution < -0.4 is 4.74 Å². The third kappa shape index (κ3) is 10.3. The summed E-state index contributed by atoms with van der Waals surface area (Å²) in [6.45, 7) is 7.99. The Morgan fingerprint density at radius 1 is 0.659 bits per heavy atom. The lowest BCUT2D eigenvalue weighted by atomic mass is 10.0. The van der Waals surface area contributed by atoms with E-state index < -0.39 is 58.8 Å². The highest BCUT2D eigenvalue weighted by Crippen LogP contribution is 2.40. The summed E-state index contributed by atoms with van der Waals surface area (Å²) in [6, 6.07) is 13.6. The second-order valence-corrected chi connectivity index (χ2v) is 11.6. The predicted octanol–water partition coefficient (Wildman–Crippen LogP) is 4.08. The predicted molar refractivity (Wildman–Crippen MR) is 160 cm³/mol. The number of thioether (sulfide) groups is 1. The van der Waals surface area contributed by atoms with Crippen molar-refractivity contribution in [2.75, 3.05) is 6.61 Å². The van der Waals surface area contributed by atoms with Crippen LogP contribution in [0.3, 0.4) is 0 Å².